The van der Waals surface area contributed by atoms with Crippen LogP contribution in [-0.4, -0.2) is 46.5 Å². The molecule has 1 saturated heterocycles. The van der Waals surface area contributed by atoms with E-state index in [2.05, 4.69) is 22.0 Å². The van der Waals surface area contributed by atoms with E-state index in [9.17, 15) is 9.59 Å². The van der Waals surface area contributed by atoms with Crippen LogP contribution in [0.3, 0.4) is 0 Å². The number of amides is 1. The van der Waals surface area contributed by atoms with Crippen LogP contribution in [0.25, 0.3) is 10.9 Å². The molecule has 1 amide bonds. The molecule has 0 atom stereocenters. The first-order valence-electron chi connectivity index (χ1n) is 9.94. The molecule has 29 heavy (non-hydrogen) atoms. The predicted octanol–water partition coefficient (Wildman–Crippen LogP) is 3.43. The van der Waals surface area contributed by atoms with E-state index in [1.807, 2.05) is 30.0 Å². The highest BCUT2D eigenvalue weighted by Crippen LogP contribution is 2.18. The number of fused-ring (bicyclic) bond motifs is 1. The van der Waals surface area contributed by atoms with Gasteiger partial charge in [0.2, 0.25) is 0 Å². The van der Waals surface area contributed by atoms with Crippen LogP contribution in [0.15, 0.2) is 53.3 Å². The molecule has 1 aliphatic heterocycles. The van der Waals surface area contributed by atoms with Gasteiger partial charge < -0.3 is 14.8 Å². The Labute approximate surface area is 174 Å². The Bertz CT molecular complexity index is 1140. The molecule has 1 fully saturated rings. The topological polar surface area (TPSA) is 61.3 Å². The molecule has 0 spiro atoms. The molecule has 0 aliphatic carbocycles. The number of piperazine rings is 1. The van der Waals surface area contributed by atoms with E-state index in [4.69, 9.17) is 12.2 Å². The highest BCUT2D eigenvalue weighted by molar-refractivity contribution is 7.71. The molecular formula is C22H24N4O2S. The van der Waals surface area contributed by atoms with E-state index in [0.717, 1.165) is 19.5 Å². The number of nitrogens with one attached hydrogen (secondary N) is 1. The number of aromatic amines is 1. The lowest BCUT2D eigenvalue weighted by atomic mass is 10.1. The summed E-state index contributed by atoms with van der Waals surface area (Å²) in [5.74, 6) is -0.0170. The Morgan fingerprint density at radius 3 is 2.48 bits per heavy atom. The molecule has 7 heteroatoms. The smallest absolute Gasteiger partial charge is 0.262 e. The summed E-state index contributed by atoms with van der Waals surface area (Å²) in [6.07, 6.45) is 0.828. The third kappa shape index (κ3) is 3.82. The van der Waals surface area contributed by atoms with Crippen LogP contribution in [0.5, 0.6) is 0 Å². The lowest BCUT2D eigenvalue weighted by Gasteiger charge is -2.36. The molecule has 1 aliphatic rings. The summed E-state index contributed by atoms with van der Waals surface area (Å²) in [6.45, 7) is 5.52. The molecule has 0 radical (unpaired) electrons. The number of rotatable bonds is 4. The van der Waals surface area contributed by atoms with Crippen molar-refractivity contribution < 1.29 is 4.79 Å². The zero-order valence-electron chi connectivity index (χ0n) is 16.4. The predicted molar refractivity (Wildman–Crippen MR) is 118 cm³/mol. The molecule has 0 saturated carbocycles. The molecule has 2 heterocycles. The maximum atomic E-state index is 13.0. The molecule has 0 bridgehead atoms. The Kier molecular flexibility index (Phi) is 5.49. The highest BCUT2D eigenvalue weighted by Gasteiger charge is 2.22. The highest BCUT2D eigenvalue weighted by atomic mass is 32.1. The summed E-state index contributed by atoms with van der Waals surface area (Å²) in [5.41, 5.74) is 2.26. The van der Waals surface area contributed by atoms with Gasteiger partial charge in [0.1, 0.15) is 0 Å². The van der Waals surface area contributed by atoms with Crippen LogP contribution in [-0.2, 0) is 6.54 Å². The van der Waals surface area contributed by atoms with E-state index in [1.165, 1.54) is 5.69 Å². The largest absolute Gasteiger partial charge is 0.368 e. The monoisotopic (exact) mass is 408 g/mol. The summed E-state index contributed by atoms with van der Waals surface area (Å²) >= 11 is 5.33. The first-order chi connectivity index (χ1) is 14.1. The molecule has 2 aromatic carbocycles. The molecule has 1 N–H and O–H groups in total. The lowest BCUT2D eigenvalue weighted by molar-refractivity contribution is 0.0747. The van der Waals surface area contributed by atoms with Gasteiger partial charge in [0.25, 0.3) is 11.5 Å². The second kappa shape index (κ2) is 8.21. The van der Waals surface area contributed by atoms with Crippen molar-refractivity contribution in [2.24, 2.45) is 0 Å². The fourth-order valence-corrected chi connectivity index (χ4v) is 4.09. The van der Waals surface area contributed by atoms with Crippen LogP contribution >= 0.6 is 12.2 Å². The van der Waals surface area contributed by atoms with E-state index >= 15 is 0 Å². The van der Waals surface area contributed by atoms with Crippen molar-refractivity contribution in [3.05, 3.63) is 69.2 Å². The standard InChI is InChI=1S/C22H24N4O2S/c1-2-10-26-21(28)18-9-8-16(15-19(18)23-22(26)29)20(27)25-13-11-24(12-14-25)17-6-4-3-5-7-17/h3-9,15H,2,10-14H2,1H3,(H,23,29). The summed E-state index contributed by atoms with van der Waals surface area (Å²) in [5, 5.41) is 0.553. The minimum atomic E-state index is -0.110. The van der Waals surface area contributed by atoms with Crippen molar-refractivity contribution in [2.45, 2.75) is 19.9 Å². The fraction of sp³-hybridized carbons (Fsp3) is 0.318. The van der Waals surface area contributed by atoms with Crippen molar-refractivity contribution in [2.75, 3.05) is 31.1 Å². The minimum absolute atomic E-state index is 0.0170. The summed E-state index contributed by atoms with van der Waals surface area (Å²) in [4.78, 5) is 32.9. The Balaban J connectivity index is 1.54. The molecular weight excluding hydrogens is 384 g/mol. The van der Waals surface area contributed by atoms with Crippen LogP contribution in [0.1, 0.15) is 23.7 Å². The number of H-pyrrole nitrogens is 1. The maximum absolute atomic E-state index is 13.0. The molecule has 6 nitrogen and oxygen atoms in total. The maximum Gasteiger partial charge on any atom is 0.262 e. The van der Waals surface area contributed by atoms with Gasteiger partial charge in [-0.1, -0.05) is 25.1 Å². The molecule has 0 unspecified atom stereocenters. The molecule has 150 valence electrons. The van der Waals surface area contributed by atoms with Crippen LogP contribution in [0.2, 0.25) is 0 Å². The lowest BCUT2D eigenvalue weighted by Crippen LogP contribution is -2.48. The third-order valence-corrected chi connectivity index (χ3v) is 5.69. The number of para-hydroxylation sites is 1. The first kappa shape index (κ1) is 19.4. The van der Waals surface area contributed by atoms with Crippen molar-refractivity contribution >= 4 is 34.7 Å². The first-order valence-corrected chi connectivity index (χ1v) is 10.4. The summed E-state index contributed by atoms with van der Waals surface area (Å²) in [6, 6.07) is 15.5. The van der Waals surface area contributed by atoms with E-state index < -0.39 is 0 Å². The minimum Gasteiger partial charge on any atom is -0.368 e. The number of carbonyl (C=O) groups is 1. The number of hydrogen-bond donors (Lipinski definition) is 1. The van der Waals surface area contributed by atoms with Gasteiger partial charge in [-0.15, -0.1) is 0 Å². The van der Waals surface area contributed by atoms with Gasteiger partial charge in [0.15, 0.2) is 4.77 Å². The Morgan fingerprint density at radius 2 is 1.79 bits per heavy atom. The van der Waals surface area contributed by atoms with Gasteiger partial charge in [0, 0.05) is 44.0 Å². The van der Waals surface area contributed by atoms with Gasteiger partial charge in [-0.2, -0.15) is 0 Å². The number of carbonyl (C=O) groups excluding carboxylic acids is 1. The zero-order valence-corrected chi connectivity index (χ0v) is 17.2. The normalized spacial score (nSPS) is 14.4. The van der Waals surface area contributed by atoms with Gasteiger partial charge in [-0.25, -0.2) is 0 Å². The number of anilines is 1. The fourth-order valence-electron chi connectivity index (χ4n) is 3.80. The van der Waals surface area contributed by atoms with Gasteiger partial charge in [-0.3, -0.25) is 14.2 Å². The van der Waals surface area contributed by atoms with E-state index in [-0.39, 0.29) is 11.5 Å². The third-order valence-electron chi connectivity index (χ3n) is 5.36. The summed E-state index contributed by atoms with van der Waals surface area (Å²) in [7, 11) is 0. The Hall–Kier alpha value is -2.93. The average molecular weight is 409 g/mol. The number of nitrogens with zero attached hydrogens (tertiary/aromatic N) is 3. The van der Waals surface area contributed by atoms with E-state index in [0.29, 0.717) is 40.9 Å². The zero-order chi connectivity index (χ0) is 20.4. The van der Waals surface area contributed by atoms with E-state index in [1.54, 1.807) is 22.8 Å². The van der Waals surface area contributed by atoms with Crippen molar-refractivity contribution in [1.82, 2.24) is 14.5 Å². The van der Waals surface area contributed by atoms with Gasteiger partial charge >= 0.3 is 0 Å². The van der Waals surface area contributed by atoms with Crippen molar-refractivity contribution in [1.29, 1.82) is 0 Å². The SMILES string of the molecule is CCCn1c(=S)[nH]c2cc(C(=O)N3CCN(c4ccccc4)CC3)ccc2c1=O. The van der Waals surface area contributed by atoms with Crippen LogP contribution in [0.4, 0.5) is 5.69 Å². The number of hydrogen-bond acceptors (Lipinski definition) is 4. The summed E-state index contributed by atoms with van der Waals surface area (Å²) < 4.78 is 1.97. The van der Waals surface area contributed by atoms with Crippen molar-refractivity contribution in [3.63, 3.8) is 0 Å². The van der Waals surface area contributed by atoms with Gasteiger partial charge in [0.05, 0.1) is 10.9 Å². The average Bonchev–Trinajstić information content (AvgIpc) is 2.76. The van der Waals surface area contributed by atoms with Crippen LogP contribution < -0.4 is 10.5 Å². The number of aromatic nitrogens is 2. The number of benzene rings is 2. The molecule has 3 aromatic rings. The Morgan fingerprint density at radius 1 is 1.07 bits per heavy atom. The molecule has 1 aromatic heterocycles. The second-order valence-electron chi connectivity index (χ2n) is 7.26. The van der Waals surface area contributed by atoms with Crippen LogP contribution in [0, 0.1) is 4.77 Å². The molecule has 4 rings (SSSR count). The second-order valence-corrected chi connectivity index (χ2v) is 7.65. The van der Waals surface area contributed by atoms with Gasteiger partial charge in [-0.05, 0) is 49.0 Å². The quantitative estimate of drug-likeness (QED) is 0.672. The van der Waals surface area contributed by atoms with Crippen molar-refractivity contribution in [3.8, 4) is 0 Å².